The molecule has 0 unspecified atom stereocenters. The van der Waals surface area contributed by atoms with Crippen LogP contribution in [0.5, 0.6) is 5.75 Å². The summed E-state index contributed by atoms with van der Waals surface area (Å²) in [5.41, 5.74) is 2.42. The number of hydrogen-bond donors (Lipinski definition) is 1. The van der Waals surface area contributed by atoms with E-state index in [9.17, 15) is 13.6 Å². The third-order valence-corrected chi connectivity index (χ3v) is 5.40. The summed E-state index contributed by atoms with van der Waals surface area (Å²) in [5, 5.41) is 8.76. The second-order valence-electron chi connectivity index (χ2n) is 6.72. The van der Waals surface area contributed by atoms with Gasteiger partial charge in [0.05, 0.1) is 11.3 Å². The number of hydrogen-bond acceptors (Lipinski definition) is 6. The predicted octanol–water partition coefficient (Wildman–Crippen LogP) is 3.64. The number of aryl methyl sites for hydroxylation is 1. The molecular formula is C21H19F2N5O2S. The molecule has 0 aliphatic carbocycles. The van der Waals surface area contributed by atoms with Crippen molar-refractivity contribution in [3.05, 3.63) is 59.9 Å². The molecule has 160 valence electrons. The molecule has 4 aromatic rings. The second kappa shape index (κ2) is 9.25. The first kappa shape index (κ1) is 21.0. The summed E-state index contributed by atoms with van der Waals surface area (Å²) in [4.78, 5) is 21.4. The molecule has 10 heteroatoms. The molecule has 7 nitrogen and oxygen atoms in total. The lowest BCUT2D eigenvalue weighted by Crippen LogP contribution is -2.27. The number of halogens is 2. The molecule has 4 rings (SSSR count). The fourth-order valence-corrected chi connectivity index (χ4v) is 3.87. The number of aromatic nitrogens is 4. The van der Waals surface area contributed by atoms with Crippen molar-refractivity contribution in [2.45, 2.75) is 25.1 Å². The number of amides is 1. The maximum atomic E-state index is 12.3. The van der Waals surface area contributed by atoms with Crippen molar-refractivity contribution >= 4 is 34.2 Å². The molecule has 0 spiro atoms. The molecule has 1 amide bonds. The molecular weight excluding hydrogens is 424 g/mol. The van der Waals surface area contributed by atoms with Gasteiger partial charge in [0.25, 0.3) is 0 Å². The highest BCUT2D eigenvalue weighted by molar-refractivity contribution is 7.99. The monoisotopic (exact) mass is 443 g/mol. The summed E-state index contributed by atoms with van der Waals surface area (Å²) >= 11 is 1.29. The van der Waals surface area contributed by atoms with Crippen molar-refractivity contribution in [3.8, 4) is 5.75 Å². The maximum absolute atomic E-state index is 12.3. The van der Waals surface area contributed by atoms with E-state index >= 15 is 0 Å². The highest BCUT2D eigenvalue weighted by Crippen LogP contribution is 2.23. The minimum Gasteiger partial charge on any atom is -0.435 e. The van der Waals surface area contributed by atoms with Crippen LogP contribution in [0, 0.1) is 6.92 Å². The molecule has 2 heterocycles. The first-order chi connectivity index (χ1) is 15.0. The third-order valence-electron chi connectivity index (χ3n) is 4.47. The molecule has 0 saturated heterocycles. The Balaban J connectivity index is 1.34. The van der Waals surface area contributed by atoms with E-state index in [0.717, 1.165) is 16.5 Å². The number of fused-ring (bicyclic) bond motifs is 3. The van der Waals surface area contributed by atoms with E-state index in [1.807, 2.05) is 31.2 Å². The summed E-state index contributed by atoms with van der Waals surface area (Å²) in [7, 11) is 0. The van der Waals surface area contributed by atoms with Crippen molar-refractivity contribution in [1.82, 2.24) is 24.9 Å². The summed E-state index contributed by atoms with van der Waals surface area (Å²) in [6.45, 7) is -0.602. The number of benzene rings is 2. The topological polar surface area (TPSA) is 81.4 Å². The van der Waals surface area contributed by atoms with E-state index in [1.54, 1.807) is 16.6 Å². The largest absolute Gasteiger partial charge is 0.435 e. The molecule has 0 radical (unpaired) electrons. The van der Waals surface area contributed by atoms with Crippen LogP contribution in [-0.4, -0.2) is 44.4 Å². The van der Waals surface area contributed by atoms with Gasteiger partial charge >= 0.3 is 6.61 Å². The Hall–Kier alpha value is -3.27. The van der Waals surface area contributed by atoms with Crippen molar-refractivity contribution in [3.63, 3.8) is 0 Å². The quantitative estimate of drug-likeness (QED) is 0.331. The first-order valence-electron chi connectivity index (χ1n) is 9.55. The Morgan fingerprint density at radius 3 is 2.71 bits per heavy atom. The lowest BCUT2D eigenvalue weighted by molar-refractivity contribution is -0.118. The van der Waals surface area contributed by atoms with Gasteiger partial charge in [-0.25, -0.2) is 9.97 Å². The van der Waals surface area contributed by atoms with Crippen LogP contribution in [0.2, 0.25) is 0 Å². The SMILES string of the molecule is Cc1nc2c3ccccc3nc(SCC(=O)NCCc3ccc(OC(F)F)cc3)n2n1. The van der Waals surface area contributed by atoms with Gasteiger partial charge < -0.3 is 10.1 Å². The van der Waals surface area contributed by atoms with Crippen LogP contribution < -0.4 is 10.1 Å². The molecule has 1 N–H and O–H groups in total. The van der Waals surface area contributed by atoms with Gasteiger partial charge in [0.2, 0.25) is 5.91 Å². The van der Waals surface area contributed by atoms with Crippen LogP contribution in [-0.2, 0) is 11.2 Å². The molecule has 2 aromatic carbocycles. The second-order valence-corrected chi connectivity index (χ2v) is 7.66. The molecule has 31 heavy (non-hydrogen) atoms. The van der Waals surface area contributed by atoms with Crippen LogP contribution in [0.25, 0.3) is 16.6 Å². The molecule has 0 fully saturated rings. The maximum Gasteiger partial charge on any atom is 0.387 e. The van der Waals surface area contributed by atoms with Crippen LogP contribution in [0.3, 0.4) is 0 Å². The normalized spacial score (nSPS) is 11.4. The van der Waals surface area contributed by atoms with Crippen molar-refractivity contribution in [2.24, 2.45) is 0 Å². The van der Waals surface area contributed by atoms with E-state index in [-0.39, 0.29) is 17.4 Å². The fourth-order valence-electron chi connectivity index (χ4n) is 3.09. The highest BCUT2D eigenvalue weighted by atomic mass is 32.2. The Morgan fingerprint density at radius 2 is 1.94 bits per heavy atom. The lowest BCUT2D eigenvalue weighted by Gasteiger charge is -2.08. The van der Waals surface area contributed by atoms with Gasteiger partial charge in [-0.1, -0.05) is 36.0 Å². The zero-order chi connectivity index (χ0) is 21.8. The van der Waals surface area contributed by atoms with Gasteiger partial charge in [-0.2, -0.15) is 13.3 Å². The summed E-state index contributed by atoms with van der Waals surface area (Å²) in [5.74, 6) is 0.786. The number of carbonyl (C=O) groups excluding carboxylic acids is 1. The minimum atomic E-state index is -2.84. The van der Waals surface area contributed by atoms with Gasteiger partial charge in [0.1, 0.15) is 11.6 Å². The van der Waals surface area contributed by atoms with Gasteiger partial charge in [0, 0.05) is 11.9 Å². The van der Waals surface area contributed by atoms with E-state index in [2.05, 4.69) is 25.1 Å². The van der Waals surface area contributed by atoms with Crippen LogP contribution in [0.15, 0.2) is 53.7 Å². The fraction of sp³-hybridized carbons (Fsp3) is 0.238. The Bertz CT molecular complexity index is 1210. The van der Waals surface area contributed by atoms with Crippen molar-refractivity contribution < 1.29 is 18.3 Å². The number of thioether (sulfide) groups is 1. The number of ether oxygens (including phenoxy) is 1. The van der Waals surface area contributed by atoms with Crippen LogP contribution in [0.1, 0.15) is 11.4 Å². The lowest BCUT2D eigenvalue weighted by atomic mass is 10.1. The van der Waals surface area contributed by atoms with Gasteiger partial charge in [-0.15, -0.1) is 5.10 Å². The summed E-state index contributed by atoms with van der Waals surface area (Å²) < 4.78 is 30.4. The number of carbonyl (C=O) groups is 1. The third kappa shape index (κ3) is 5.08. The zero-order valence-electron chi connectivity index (χ0n) is 16.6. The van der Waals surface area contributed by atoms with E-state index in [0.29, 0.717) is 29.6 Å². The van der Waals surface area contributed by atoms with Gasteiger partial charge in [-0.3, -0.25) is 4.79 Å². The standard InChI is InChI=1S/C21H19F2N5O2S/c1-13-25-19-16-4-2-3-5-17(16)26-21(28(19)27-13)31-12-18(29)24-11-10-14-6-8-15(9-7-14)30-20(22)23/h2-9,20H,10-12H2,1H3,(H,24,29). The Labute approximate surface area is 180 Å². The van der Waals surface area contributed by atoms with Crippen LogP contribution in [0.4, 0.5) is 8.78 Å². The number of nitrogens with zero attached hydrogens (tertiary/aromatic N) is 4. The Morgan fingerprint density at radius 1 is 1.16 bits per heavy atom. The number of para-hydroxylation sites is 1. The van der Waals surface area contributed by atoms with Gasteiger partial charge in [0.15, 0.2) is 10.8 Å². The first-order valence-corrected chi connectivity index (χ1v) is 10.5. The number of nitrogens with one attached hydrogen (secondary N) is 1. The predicted molar refractivity (Wildman–Crippen MR) is 114 cm³/mol. The van der Waals surface area contributed by atoms with Crippen molar-refractivity contribution in [2.75, 3.05) is 12.3 Å². The molecule has 0 aliphatic heterocycles. The average Bonchev–Trinajstić information content (AvgIpc) is 3.15. The molecule has 0 aliphatic rings. The van der Waals surface area contributed by atoms with Gasteiger partial charge in [-0.05, 0) is 43.2 Å². The molecule has 0 saturated carbocycles. The minimum absolute atomic E-state index is 0.108. The number of rotatable bonds is 8. The molecule has 0 atom stereocenters. The highest BCUT2D eigenvalue weighted by Gasteiger charge is 2.13. The number of alkyl halides is 2. The van der Waals surface area contributed by atoms with E-state index in [1.165, 1.54) is 23.9 Å². The van der Waals surface area contributed by atoms with Crippen molar-refractivity contribution in [1.29, 1.82) is 0 Å². The van der Waals surface area contributed by atoms with E-state index in [4.69, 9.17) is 0 Å². The average molecular weight is 443 g/mol. The molecule has 0 bridgehead atoms. The summed E-state index contributed by atoms with van der Waals surface area (Å²) in [6.07, 6.45) is 0.576. The smallest absolute Gasteiger partial charge is 0.387 e. The zero-order valence-corrected chi connectivity index (χ0v) is 17.4. The van der Waals surface area contributed by atoms with E-state index < -0.39 is 6.61 Å². The summed E-state index contributed by atoms with van der Waals surface area (Å²) in [6, 6.07) is 14.0. The molecule has 2 aromatic heterocycles. The van der Waals surface area contributed by atoms with Crippen LogP contribution >= 0.6 is 11.8 Å². The Kier molecular flexibility index (Phi) is 6.26.